The number of nitrogens with two attached hydrogens (primary N) is 1. The first-order chi connectivity index (χ1) is 3.68. The Morgan fingerprint density at radius 1 is 1.75 bits per heavy atom. The van der Waals surface area contributed by atoms with Gasteiger partial charge in [0.1, 0.15) is 15.7 Å². The maximum atomic E-state index is 5.47. The van der Waals surface area contributed by atoms with E-state index < -0.39 is 0 Å². The molecule has 1 unspecified atom stereocenters. The molecular formula is C4H14B2N2. The number of hydrogen-bond acceptors (Lipinski definition) is 2. The highest BCUT2D eigenvalue weighted by Gasteiger charge is 2.15. The molecule has 4 heteroatoms. The fourth-order valence-corrected chi connectivity index (χ4v) is 0.423. The van der Waals surface area contributed by atoms with E-state index in [0.717, 1.165) is 6.32 Å². The summed E-state index contributed by atoms with van der Waals surface area (Å²) in [6.07, 6.45) is 1.08. The van der Waals surface area contributed by atoms with Crippen LogP contribution in [0.1, 0.15) is 0 Å². The molecule has 0 aromatic carbocycles. The maximum absolute atomic E-state index is 5.47. The van der Waals surface area contributed by atoms with Crippen molar-refractivity contribution in [2.24, 2.45) is 5.73 Å². The van der Waals surface area contributed by atoms with Crippen molar-refractivity contribution in [3.8, 4) is 0 Å². The number of nitrogens with one attached hydrogen (secondary N) is 1. The van der Waals surface area contributed by atoms with E-state index in [0.29, 0.717) is 6.54 Å². The monoisotopic (exact) mass is 112 g/mol. The number of rotatable bonds is 3. The molecule has 0 aromatic rings. The molecule has 0 saturated heterocycles. The molecule has 1 atom stereocenters. The van der Waals surface area contributed by atoms with E-state index >= 15 is 0 Å². The highest BCUT2D eigenvalue weighted by molar-refractivity contribution is 6.22. The summed E-state index contributed by atoms with van der Waals surface area (Å²) in [6, 6.07) is 0. The average Bonchev–Trinajstić information content (AvgIpc) is 1.87. The second-order valence-electron chi connectivity index (χ2n) is 2.37. The van der Waals surface area contributed by atoms with Crippen molar-refractivity contribution in [1.82, 2.24) is 5.32 Å². The first-order valence-electron chi connectivity index (χ1n) is 3.07. The Kier molecular flexibility index (Phi) is 3.17. The Morgan fingerprint density at radius 2 is 2.25 bits per heavy atom. The minimum absolute atomic E-state index is 0.153. The Labute approximate surface area is 53.0 Å². The van der Waals surface area contributed by atoms with E-state index in [2.05, 4.69) is 21.0 Å². The lowest BCUT2D eigenvalue weighted by Gasteiger charge is -2.25. The molecule has 8 heavy (non-hydrogen) atoms. The zero-order chi connectivity index (χ0) is 6.62. The molecule has 0 amide bonds. The molecule has 2 nitrogen and oxygen atoms in total. The summed E-state index contributed by atoms with van der Waals surface area (Å²) in [7, 11) is 6.19. The van der Waals surface area contributed by atoms with Gasteiger partial charge in [-0.2, -0.15) is 0 Å². The number of hydrogen-bond donors (Lipinski definition) is 2. The largest absolute Gasteiger partial charge is 0.329 e. The third-order valence-electron chi connectivity index (χ3n) is 1.83. The number of likely N-dealkylation sites (N-methyl/N-ethyl adjacent to an activating group) is 1. The molecular weight excluding hydrogens is 97.7 g/mol. The molecule has 0 aliphatic carbocycles. The summed E-state index contributed by atoms with van der Waals surface area (Å²) in [5.74, 6) is 0. The Hall–Kier alpha value is 0.0499. The van der Waals surface area contributed by atoms with Crippen LogP contribution in [0.15, 0.2) is 0 Å². The quantitative estimate of drug-likeness (QED) is 0.397. The van der Waals surface area contributed by atoms with E-state index in [-0.39, 0.29) is 5.44 Å². The molecule has 0 rings (SSSR count). The fourth-order valence-electron chi connectivity index (χ4n) is 0.423. The van der Waals surface area contributed by atoms with Crippen LogP contribution < -0.4 is 11.1 Å². The summed E-state index contributed by atoms with van der Waals surface area (Å²) >= 11 is 0. The van der Waals surface area contributed by atoms with Gasteiger partial charge in [0.05, 0.1) is 0 Å². The van der Waals surface area contributed by atoms with Gasteiger partial charge in [-0.25, -0.2) is 0 Å². The van der Waals surface area contributed by atoms with Crippen molar-refractivity contribution in [2.75, 3.05) is 13.6 Å². The van der Waals surface area contributed by atoms with Crippen LogP contribution in [0.2, 0.25) is 6.32 Å². The lowest BCUT2D eigenvalue weighted by atomic mass is 9.69. The normalized spacial score (nSPS) is 17.8. The Morgan fingerprint density at radius 3 is 2.25 bits per heavy atom. The molecule has 0 fully saturated rings. The van der Waals surface area contributed by atoms with E-state index in [1.54, 1.807) is 0 Å². The molecule has 3 N–H and O–H groups in total. The SMILES string of the molecule is BCC(B)(CN)NC. The fraction of sp³-hybridized carbons (Fsp3) is 1.00. The lowest BCUT2D eigenvalue weighted by molar-refractivity contribution is 0.552. The summed E-state index contributed by atoms with van der Waals surface area (Å²) in [5.41, 5.74) is 5.62. The molecule has 0 heterocycles. The van der Waals surface area contributed by atoms with Crippen LogP contribution in [0.3, 0.4) is 0 Å². The van der Waals surface area contributed by atoms with Crippen LogP contribution >= 0.6 is 0 Å². The van der Waals surface area contributed by atoms with Gasteiger partial charge in [-0.3, -0.25) is 0 Å². The second kappa shape index (κ2) is 3.15. The smallest absolute Gasteiger partial charge is 0.128 e. The van der Waals surface area contributed by atoms with Crippen molar-refractivity contribution >= 4 is 15.7 Å². The van der Waals surface area contributed by atoms with Gasteiger partial charge in [0.25, 0.3) is 0 Å². The molecule has 0 bridgehead atoms. The summed E-state index contributed by atoms with van der Waals surface area (Å²) in [6.45, 7) is 0.708. The van der Waals surface area contributed by atoms with Gasteiger partial charge in [0.2, 0.25) is 0 Å². The lowest BCUT2D eigenvalue weighted by Crippen LogP contribution is -2.49. The van der Waals surface area contributed by atoms with E-state index in [9.17, 15) is 0 Å². The van der Waals surface area contributed by atoms with Gasteiger partial charge >= 0.3 is 0 Å². The topological polar surface area (TPSA) is 38.0 Å². The molecule has 0 saturated carbocycles. The van der Waals surface area contributed by atoms with E-state index in [1.165, 1.54) is 0 Å². The predicted octanol–water partition coefficient (Wildman–Crippen LogP) is -2.45. The van der Waals surface area contributed by atoms with E-state index in [1.807, 2.05) is 7.05 Å². The van der Waals surface area contributed by atoms with Gasteiger partial charge in [-0.1, -0.05) is 6.32 Å². The van der Waals surface area contributed by atoms with Crippen molar-refractivity contribution in [3.63, 3.8) is 0 Å². The Bertz CT molecular complexity index is 54.8. The molecule has 0 radical (unpaired) electrons. The standard InChI is InChI=1S/C4H14B2N2/c1-8-4(6,2-5)3-7/h8H,2-3,5-7H2,1H3. The summed E-state index contributed by atoms with van der Waals surface area (Å²) < 4.78 is 0. The van der Waals surface area contributed by atoms with Crippen molar-refractivity contribution in [1.29, 1.82) is 0 Å². The molecule has 0 spiro atoms. The van der Waals surface area contributed by atoms with Gasteiger partial charge in [-0.05, 0) is 12.5 Å². The van der Waals surface area contributed by atoms with Crippen LogP contribution in [0, 0.1) is 0 Å². The molecule has 0 aliphatic rings. The van der Waals surface area contributed by atoms with Crippen molar-refractivity contribution in [2.45, 2.75) is 11.8 Å². The Balaban J connectivity index is 3.58. The van der Waals surface area contributed by atoms with Gasteiger partial charge in [-0.15, -0.1) is 0 Å². The van der Waals surface area contributed by atoms with Crippen LogP contribution in [-0.2, 0) is 0 Å². The van der Waals surface area contributed by atoms with Crippen molar-refractivity contribution in [3.05, 3.63) is 0 Å². The van der Waals surface area contributed by atoms with Crippen LogP contribution in [0.5, 0.6) is 0 Å². The van der Waals surface area contributed by atoms with Crippen LogP contribution in [0.4, 0.5) is 0 Å². The van der Waals surface area contributed by atoms with Gasteiger partial charge in [0, 0.05) is 6.54 Å². The summed E-state index contributed by atoms with van der Waals surface area (Å²) in [4.78, 5) is 0. The molecule has 46 valence electrons. The first kappa shape index (κ1) is 8.05. The minimum atomic E-state index is 0.153. The molecule has 0 aromatic heterocycles. The first-order valence-corrected chi connectivity index (χ1v) is 3.07. The minimum Gasteiger partial charge on any atom is -0.329 e. The summed E-state index contributed by atoms with van der Waals surface area (Å²) in [5, 5.41) is 3.15. The predicted molar refractivity (Wildman–Crippen MR) is 42.7 cm³/mol. The second-order valence-corrected chi connectivity index (χ2v) is 2.37. The van der Waals surface area contributed by atoms with E-state index in [4.69, 9.17) is 5.73 Å². The zero-order valence-corrected chi connectivity index (χ0v) is 5.99. The highest BCUT2D eigenvalue weighted by atomic mass is 14.9. The van der Waals surface area contributed by atoms with Gasteiger partial charge in [0.15, 0.2) is 0 Å². The van der Waals surface area contributed by atoms with Crippen LogP contribution in [0.25, 0.3) is 0 Å². The van der Waals surface area contributed by atoms with Crippen LogP contribution in [-0.4, -0.2) is 34.7 Å². The molecule has 0 aliphatic heterocycles. The third-order valence-corrected chi connectivity index (χ3v) is 1.83. The van der Waals surface area contributed by atoms with Gasteiger partial charge < -0.3 is 11.1 Å². The highest BCUT2D eigenvalue weighted by Crippen LogP contribution is 1.97. The van der Waals surface area contributed by atoms with Crippen molar-refractivity contribution < 1.29 is 0 Å². The average molecular weight is 112 g/mol. The third kappa shape index (κ3) is 1.88. The maximum Gasteiger partial charge on any atom is 0.128 e. The zero-order valence-electron chi connectivity index (χ0n) is 5.99.